The lowest BCUT2D eigenvalue weighted by atomic mass is 10.1. The van der Waals surface area contributed by atoms with E-state index in [1.807, 2.05) is 19.2 Å². The fraction of sp³-hybridized carbons (Fsp3) is 0.556. The number of likely N-dealkylation sites (N-methyl/N-ethyl adjacent to an activating group) is 1. The summed E-state index contributed by atoms with van der Waals surface area (Å²) >= 11 is 0. The molecular weight excluding hydrogens is 354 g/mol. The lowest BCUT2D eigenvalue weighted by molar-refractivity contribution is -0.137. The van der Waals surface area contributed by atoms with Gasteiger partial charge in [-0.05, 0) is 25.1 Å². The van der Waals surface area contributed by atoms with Crippen molar-refractivity contribution in [1.29, 1.82) is 0 Å². The number of nitrogens with zero attached hydrogens (tertiary/aromatic N) is 3. The van der Waals surface area contributed by atoms with E-state index in [0.717, 1.165) is 24.9 Å². The second kappa shape index (κ2) is 7.36. The molecule has 0 unspecified atom stereocenters. The molecule has 8 heteroatoms. The lowest BCUT2D eigenvalue weighted by Crippen LogP contribution is -2.54. The minimum atomic E-state index is -3.22. The molecule has 2 aliphatic rings. The van der Waals surface area contributed by atoms with Crippen molar-refractivity contribution < 1.29 is 18.0 Å². The number of benzene rings is 1. The molecule has 0 aliphatic carbocycles. The number of carbonyl (C=O) groups is 2. The second-order valence-electron chi connectivity index (χ2n) is 7.15. The first kappa shape index (κ1) is 18.8. The highest BCUT2D eigenvalue weighted by Gasteiger charge is 2.38. The maximum atomic E-state index is 13.1. The molecule has 0 spiro atoms. The molecule has 0 bridgehead atoms. The molecule has 7 nitrogen and oxygen atoms in total. The predicted molar refractivity (Wildman–Crippen MR) is 98.5 cm³/mol. The summed E-state index contributed by atoms with van der Waals surface area (Å²) in [4.78, 5) is 31.4. The van der Waals surface area contributed by atoms with Gasteiger partial charge in [0, 0.05) is 44.5 Å². The predicted octanol–water partition coefficient (Wildman–Crippen LogP) is 0.220. The number of piperazine rings is 1. The molecule has 1 aromatic carbocycles. The Morgan fingerprint density at radius 1 is 1.15 bits per heavy atom. The van der Waals surface area contributed by atoms with Gasteiger partial charge in [0.05, 0.1) is 5.75 Å². The van der Waals surface area contributed by atoms with Crippen LogP contribution in [0.25, 0.3) is 0 Å². The average Bonchev–Trinajstić information content (AvgIpc) is 2.92. The normalized spacial score (nSPS) is 19.5. The summed E-state index contributed by atoms with van der Waals surface area (Å²) in [6.45, 7) is 3.10. The van der Waals surface area contributed by atoms with E-state index in [0.29, 0.717) is 25.2 Å². The Labute approximate surface area is 154 Å². The van der Waals surface area contributed by atoms with Gasteiger partial charge in [0.1, 0.15) is 15.9 Å². The van der Waals surface area contributed by atoms with Gasteiger partial charge >= 0.3 is 0 Å². The Kier molecular flexibility index (Phi) is 5.34. The van der Waals surface area contributed by atoms with Crippen molar-refractivity contribution in [2.45, 2.75) is 19.0 Å². The van der Waals surface area contributed by atoms with Gasteiger partial charge < -0.3 is 14.7 Å². The third-order valence-electron chi connectivity index (χ3n) is 5.09. The van der Waals surface area contributed by atoms with E-state index in [2.05, 4.69) is 4.90 Å². The molecule has 0 N–H and O–H groups in total. The van der Waals surface area contributed by atoms with E-state index in [4.69, 9.17) is 0 Å². The molecule has 0 radical (unpaired) electrons. The van der Waals surface area contributed by atoms with Crippen LogP contribution in [0.2, 0.25) is 0 Å². The maximum Gasteiger partial charge on any atom is 0.255 e. The first-order valence-electron chi connectivity index (χ1n) is 8.80. The van der Waals surface area contributed by atoms with E-state index in [9.17, 15) is 18.0 Å². The Hall–Kier alpha value is -1.93. The third-order valence-corrected chi connectivity index (χ3v) is 6.06. The van der Waals surface area contributed by atoms with Crippen molar-refractivity contribution in [2.24, 2.45) is 0 Å². The Morgan fingerprint density at radius 2 is 1.81 bits per heavy atom. The van der Waals surface area contributed by atoms with E-state index >= 15 is 0 Å². The topological polar surface area (TPSA) is 78.0 Å². The van der Waals surface area contributed by atoms with Gasteiger partial charge in [-0.3, -0.25) is 9.59 Å². The van der Waals surface area contributed by atoms with Gasteiger partial charge in [-0.1, -0.05) is 18.2 Å². The molecule has 1 aromatic rings. The lowest BCUT2D eigenvalue weighted by Gasteiger charge is -2.37. The number of carbonyl (C=O) groups excluding carboxylic acids is 2. The molecule has 3 rings (SSSR count). The first-order chi connectivity index (χ1) is 12.3. The summed E-state index contributed by atoms with van der Waals surface area (Å²) in [7, 11) is -1.22. The van der Waals surface area contributed by atoms with Gasteiger partial charge in [-0.15, -0.1) is 0 Å². The number of rotatable bonds is 5. The summed E-state index contributed by atoms with van der Waals surface area (Å²) in [6, 6.07) is 6.55. The number of sulfone groups is 1. The van der Waals surface area contributed by atoms with Crippen LogP contribution in [-0.2, 0) is 21.2 Å². The van der Waals surface area contributed by atoms with Crippen molar-refractivity contribution in [1.82, 2.24) is 14.7 Å². The molecule has 2 aliphatic heterocycles. The van der Waals surface area contributed by atoms with Gasteiger partial charge in [0.2, 0.25) is 5.91 Å². The molecule has 142 valence electrons. The largest absolute Gasteiger partial charge is 0.338 e. The molecule has 1 saturated heterocycles. The highest BCUT2D eigenvalue weighted by Crippen LogP contribution is 2.26. The summed E-state index contributed by atoms with van der Waals surface area (Å²) < 4.78 is 23.3. The second-order valence-corrected chi connectivity index (χ2v) is 9.41. The molecule has 0 aromatic heterocycles. The number of fused-ring (bicyclic) bond motifs is 1. The minimum Gasteiger partial charge on any atom is -0.338 e. The fourth-order valence-corrected chi connectivity index (χ4v) is 4.16. The van der Waals surface area contributed by atoms with Gasteiger partial charge in [-0.25, -0.2) is 8.42 Å². The van der Waals surface area contributed by atoms with Crippen molar-refractivity contribution in [2.75, 3.05) is 45.2 Å². The zero-order valence-corrected chi connectivity index (χ0v) is 16.0. The van der Waals surface area contributed by atoms with Crippen molar-refractivity contribution >= 4 is 21.7 Å². The standard InChI is InChI=1S/C18H25N3O4S/c1-19-8-10-20(11-9-19)18(23)16(7-12-26(2,24)25)21-13-14-5-3-4-6-15(14)17(21)22/h3-6,16H,7-13H2,1-2H3/t16-/m0/s1. The molecular formula is C18H25N3O4S. The zero-order chi connectivity index (χ0) is 18.9. The first-order valence-corrected chi connectivity index (χ1v) is 10.9. The summed E-state index contributed by atoms with van der Waals surface area (Å²) in [5.41, 5.74) is 1.48. The molecule has 1 atom stereocenters. The van der Waals surface area contributed by atoms with Crippen LogP contribution in [-0.4, -0.2) is 86.2 Å². The number of amides is 2. The number of hydrogen-bond acceptors (Lipinski definition) is 5. The molecule has 26 heavy (non-hydrogen) atoms. The molecule has 2 heterocycles. The highest BCUT2D eigenvalue weighted by molar-refractivity contribution is 7.90. The van der Waals surface area contributed by atoms with Crippen molar-refractivity contribution in [3.05, 3.63) is 35.4 Å². The fourth-order valence-electron chi connectivity index (χ4n) is 3.50. The van der Waals surface area contributed by atoms with E-state index in [1.54, 1.807) is 17.0 Å². The van der Waals surface area contributed by atoms with Crippen LogP contribution in [0, 0.1) is 0 Å². The molecule has 2 amide bonds. The summed E-state index contributed by atoms with van der Waals surface area (Å²) in [5, 5.41) is 0. The Balaban J connectivity index is 1.82. The quantitative estimate of drug-likeness (QED) is 0.731. The Bertz CT molecular complexity index is 800. The van der Waals surface area contributed by atoms with E-state index < -0.39 is 15.9 Å². The maximum absolute atomic E-state index is 13.1. The van der Waals surface area contributed by atoms with Crippen molar-refractivity contribution in [3.63, 3.8) is 0 Å². The zero-order valence-electron chi connectivity index (χ0n) is 15.2. The molecule has 0 saturated carbocycles. The summed E-state index contributed by atoms with van der Waals surface area (Å²) in [5.74, 6) is -0.457. The number of hydrogen-bond donors (Lipinski definition) is 0. The minimum absolute atomic E-state index is 0.114. The smallest absolute Gasteiger partial charge is 0.255 e. The third kappa shape index (κ3) is 4.07. The Morgan fingerprint density at radius 3 is 2.42 bits per heavy atom. The van der Waals surface area contributed by atoms with Crippen LogP contribution in [0.5, 0.6) is 0 Å². The van der Waals surface area contributed by atoms with E-state index in [1.165, 1.54) is 4.90 Å². The SMILES string of the molecule is CN1CCN(C(=O)[C@H](CCS(C)(=O)=O)N2Cc3ccccc3C2=O)CC1. The van der Waals surface area contributed by atoms with Crippen LogP contribution < -0.4 is 0 Å². The van der Waals surface area contributed by atoms with Crippen LogP contribution in [0.3, 0.4) is 0 Å². The average molecular weight is 379 g/mol. The van der Waals surface area contributed by atoms with Crippen molar-refractivity contribution in [3.8, 4) is 0 Å². The monoisotopic (exact) mass is 379 g/mol. The van der Waals surface area contributed by atoms with Crippen LogP contribution in [0.15, 0.2) is 24.3 Å². The van der Waals surface area contributed by atoms with Gasteiger partial charge in [0.15, 0.2) is 0 Å². The van der Waals surface area contributed by atoms with E-state index in [-0.39, 0.29) is 24.0 Å². The van der Waals surface area contributed by atoms with Crippen LogP contribution >= 0.6 is 0 Å². The van der Waals surface area contributed by atoms with Gasteiger partial charge in [-0.2, -0.15) is 0 Å². The molecule has 1 fully saturated rings. The van der Waals surface area contributed by atoms with Crippen LogP contribution in [0.4, 0.5) is 0 Å². The highest BCUT2D eigenvalue weighted by atomic mass is 32.2. The summed E-state index contributed by atoms with van der Waals surface area (Å²) in [6.07, 6.45) is 1.29. The van der Waals surface area contributed by atoms with Gasteiger partial charge in [0.25, 0.3) is 5.91 Å². The van der Waals surface area contributed by atoms with Crippen LogP contribution in [0.1, 0.15) is 22.3 Å².